The molecular formula is C19H22N2O4S. The van der Waals surface area contributed by atoms with Gasteiger partial charge in [-0.2, -0.15) is 4.31 Å². The number of hydrogen-bond donors (Lipinski definition) is 0. The van der Waals surface area contributed by atoms with Gasteiger partial charge < -0.3 is 9.32 Å². The fourth-order valence-corrected chi connectivity index (χ4v) is 5.62. The number of carbonyl (C=O) groups is 1. The Labute approximate surface area is 153 Å². The molecule has 0 radical (unpaired) electrons. The van der Waals surface area contributed by atoms with Crippen molar-refractivity contribution < 1.29 is 17.6 Å². The molecule has 7 heteroatoms. The highest BCUT2D eigenvalue weighted by atomic mass is 32.2. The molecule has 2 aliphatic rings. The van der Waals surface area contributed by atoms with Crippen molar-refractivity contribution in [2.75, 3.05) is 19.6 Å². The molecule has 0 unspecified atom stereocenters. The fraction of sp³-hybridized carbons (Fsp3) is 0.421. The van der Waals surface area contributed by atoms with Crippen LogP contribution in [0.25, 0.3) is 0 Å². The summed E-state index contributed by atoms with van der Waals surface area (Å²) in [6.45, 7) is 1.67. The first-order valence-electron chi connectivity index (χ1n) is 8.96. The molecule has 2 aliphatic heterocycles. The minimum atomic E-state index is -3.48. The van der Waals surface area contributed by atoms with E-state index >= 15 is 0 Å². The number of hydrogen-bond acceptors (Lipinski definition) is 4. The highest BCUT2D eigenvalue weighted by molar-refractivity contribution is 7.89. The topological polar surface area (TPSA) is 70.8 Å². The normalized spacial score (nSPS) is 24.2. The fourth-order valence-electron chi connectivity index (χ4n) is 4.13. The van der Waals surface area contributed by atoms with E-state index in [4.69, 9.17) is 4.42 Å². The molecule has 26 heavy (non-hydrogen) atoms. The number of furan rings is 1. The maximum atomic E-state index is 12.9. The third-order valence-electron chi connectivity index (χ3n) is 5.52. The van der Waals surface area contributed by atoms with Crippen LogP contribution in [0.4, 0.5) is 0 Å². The smallest absolute Gasteiger partial charge is 0.257 e. The van der Waals surface area contributed by atoms with E-state index in [0.717, 1.165) is 19.4 Å². The standard InChI is InChI=1S/C19H22N2O4S/c22-19(16-9-13-25-14-16)21-12-7-15-6-10-20(11-8-18(15)21)26(23,24)17-4-2-1-3-5-17/h1-5,9,13-15,18H,6-8,10-12H2/t15-,18+/m1/s1. The number of amides is 1. The van der Waals surface area contributed by atoms with Gasteiger partial charge in [0.2, 0.25) is 10.0 Å². The Bertz CT molecular complexity index is 864. The lowest BCUT2D eigenvalue weighted by Crippen LogP contribution is -2.39. The number of likely N-dealkylation sites (tertiary alicyclic amines) is 1. The van der Waals surface area contributed by atoms with E-state index in [-0.39, 0.29) is 11.9 Å². The molecule has 4 rings (SSSR count). The van der Waals surface area contributed by atoms with E-state index in [1.165, 1.54) is 12.5 Å². The molecular weight excluding hydrogens is 352 g/mol. The van der Waals surface area contributed by atoms with Gasteiger partial charge >= 0.3 is 0 Å². The number of fused-ring (bicyclic) bond motifs is 1. The van der Waals surface area contributed by atoms with Crippen LogP contribution in [0.5, 0.6) is 0 Å². The molecule has 0 bridgehead atoms. The number of nitrogens with zero attached hydrogens (tertiary/aromatic N) is 2. The van der Waals surface area contributed by atoms with E-state index in [0.29, 0.717) is 35.9 Å². The van der Waals surface area contributed by atoms with Gasteiger partial charge in [-0.15, -0.1) is 0 Å². The van der Waals surface area contributed by atoms with Gasteiger partial charge in [0.25, 0.3) is 5.91 Å². The third kappa shape index (κ3) is 3.05. The van der Waals surface area contributed by atoms with Gasteiger partial charge in [-0.05, 0) is 43.4 Å². The zero-order chi connectivity index (χ0) is 18.1. The van der Waals surface area contributed by atoms with E-state index in [2.05, 4.69) is 0 Å². The number of sulfonamides is 1. The summed E-state index contributed by atoms with van der Waals surface area (Å²) in [5.74, 6) is 0.326. The van der Waals surface area contributed by atoms with E-state index in [1.54, 1.807) is 34.6 Å². The predicted octanol–water partition coefficient (Wildman–Crippen LogP) is 2.60. The Morgan fingerprint density at radius 2 is 1.73 bits per heavy atom. The first kappa shape index (κ1) is 17.3. The Hall–Kier alpha value is -2.12. The molecule has 2 fully saturated rings. The largest absolute Gasteiger partial charge is 0.472 e. The molecule has 2 atom stereocenters. The number of benzene rings is 1. The van der Waals surface area contributed by atoms with Gasteiger partial charge in [0.1, 0.15) is 6.26 Å². The second-order valence-electron chi connectivity index (χ2n) is 6.92. The van der Waals surface area contributed by atoms with Gasteiger partial charge in [-0.25, -0.2) is 8.42 Å². The molecule has 138 valence electrons. The minimum Gasteiger partial charge on any atom is -0.472 e. The van der Waals surface area contributed by atoms with Crippen LogP contribution >= 0.6 is 0 Å². The highest BCUT2D eigenvalue weighted by Crippen LogP contribution is 2.34. The number of carbonyl (C=O) groups excluding carboxylic acids is 1. The Balaban J connectivity index is 1.51. The average molecular weight is 374 g/mol. The lowest BCUT2D eigenvalue weighted by Gasteiger charge is -2.26. The van der Waals surface area contributed by atoms with Crippen molar-refractivity contribution in [3.8, 4) is 0 Å². The van der Waals surface area contributed by atoms with Crippen LogP contribution in [0, 0.1) is 5.92 Å². The molecule has 1 aromatic carbocycles. The second kappa shape index (κ2) is 6.89. The van der Waals surface area contributed by atoms with Crippen LogP contribution in [0.1, 0.15) is 29.6 Å². The van der Waals surface area contributed by atoms with Crippen molar-refractivity contribution >= 4 is 15.9 Å². The summed E-state index contributed by atoms with van der Waals surface area (Å²) in [5.41, 5.74) is 0.559. The lowest BCUT2D eigenvalue weighted by molar-refractivity contribution is 0.0713. The summed E-state index contributed by atoms with van der Waals surface area (Å²) in [5, 5.41) is 0. The van der Waals surface area contributed by atoms with Crippen LogP contribution in [0.15, 0.2) is 58.2 Å². The zero-order valence-electron chi connectivity index (χ0n) is 14.5. The summed E-state index contributed by atoms with van der Waals surface area (Å²) in [6, 6.07) is 10.3. The molecule has 3 heterocycles. The molecule has 0 saturated carbocycles. The van der Waals surface area contributed by atoms with E-state index in [9.17, 15) is 13.2 Å². The second-order valence-corrected chi connectivity index (χ2v) is 8.86. The van der Waals surface area contributed by atoms with Crippen LogP contribution < -0.4 is 0 Å². The van der Waals surface area contributed by atoms with E-state index < -0.39 is 10.0 Å². The van der Waals surface area contributed by atoms with Crippen LogP contribution in [-0.4, -0.2) is 49.2 Å². The van der Waals surface area contributed by atoms with Crippen LogP contribution in [0.2, 0.25) is 0 Å². The molecule has 2 saturated heterocycles. The average Bonchev–Trinajstić information content (AvgIpc) is 3.28. The molecule has 6 nitrogen and oxygen atoms in total. The summed E-state index contributed by atoms with van der Waals surface area (Å²) in [4.78, 5) is 14.9. The van der Waals surface area contributed by atoms with Crippen molar-refractivity contribution in [2.24, 2.45) is 5.92 Å². The third-order valence-corrected chi connectivity index (χ3v) is 7.43. The predicted molar refractivity (Wildman–Crippen MR) is 96.1 cm³/mol. The molecule has 0 spiro atoms. The van der Waals surface area contributed by atoms with Gasteiger partial charge in [0, 0.05) is 25.7 Å². The summed E-state index contributed by atoms with van der Waals surface area (Å²) >= 11 is 0. The molecule has 2 aromatic rings. The minimum absolute atomic E-state index is 0.0226. The van der Waals surface area contributed by atoms with Gasteiger partial charge in [-0.3, -0.25) is 4.79 Å². The lowest BCUT2D eigenvalue weighted by atomic mass is 9.95. The maximum Gasteiger partial charge on any atom is 0.257 e. The molecule has 0 N–H and O–H groups in total. The Morgan fingerprint density at radius 3 is 2.46 bits per heavy atom. The molecule has 1 aromatic heterocycles. The van der Waals surface area contributed by atoms with Gasteiger partial charge in [-0.1, -0.05) is 18.2 Å². The quantitative estimate of drug-likeness (QED) is 0.828. The van der Waals surface area contributed by atoms with Crippen molar-refractivity contribution in [3.05, 3.63) is 54.5 Å². The maximum absolute atomic E-state index is 12.9. The SMILES string of the molecule is O=C(c1ccoc1)N1CC[C@H]2CCN(S(=O)(=O)c3ccccc3)CC[C@@H]21. The number of rotatable bonds is 3. The Morgan fingerprint density at radius 1 is 1.00 bits per heavy atom. The first-order chi connectivity index (χ1) is 12.6. The summed E-state index contributed by atoms with van der Waals surface area (Å²) in [7, 11) is -3.48. The van der Waals surface area contributed by atoms with Crippen molar-refractivity contribution in [1.29, 1.82) is 0 Å². The van der Waals surface area contributed by atoms with Crippen molar-refractivity contribution in [3.63, 3.8) is 0 Å². The van der Waals surface area contributed by atoms with Crippen LogP contribution in [0.3, 0.4) is 0 Å². The Kier molecular flexibility index (Phi) is 4.58. The summed E-state index contributed by atoms with van der Waals surface area (Å²) in [6.07, 6.45) is 5.35. The zero-order valence-corrected chi connectivity index (χ0v) is 15.3. The molecule has 0 aliphatic carbocycles. The van der Waals surface area contributed by atoms with Crippen molar-refractivity contribution in [1.82, 2.24) is 9.21 Å². The van der Waals surface area contributed by atoms with E-state index in [1.807, 2.05) is 11.0 Å². The molecule has 1 amide bonds. The van der Waals surface area contributed by atoms with Gasteiger partial charge in [0.05, 0.1) is 16.7 Å². The summed E-state index contributed by atoms with van der Waals surface area (Å²) < 4.78 is 32.4. The van der Waals surface area contributed by atoms with Crippen LogP contribution in [-0.2, 0) is 10.0 Å². The van der Waals surface area contributed by atoms with Gasteiger partial charge in [0.15, 0.2) is 0 Å². The van der Waals surface area contributed by atoms with Crippen molar-refractivity contribution in [2.45, 2.75) is 30.2 Å². The highest BCUT2D eigenvalue weighted by Gasteiger charge is 2.40. The first-order valence-corrected chi connectivity index (χ1v) is 10.4. The monoisotopic (exact) mass is 374 g/mol.